The molecule has 2 aliphatic rings. The summed E-state index contributed by atoms with van der Waals surface area (Å²) in [7, 11) is 0. The van der Waals surface area contributed by atoms with Gasteiger partial charge in [-0.2, -0.15) is 4.68 Å². The Balaban J connectivity index is 1.42. The van der Waals surface area contributed by atoms with Gasteiger partial charge in [0.1, 0.15) is 18.4 Å². The number of aryl methyl sites for hydroxylation is 1. The number of ketones is 1. The van der Waals surface area contributed by atoms with E-state index in [1.54, 1.807) is 4.68 Å². The molecule has 7 nitrogen and oxygen atoms in total. The largest absolute Gasteiger partial charge is 0.489 e. The minimum Gasteiger partial charge on any atom is -0.489 e. The zero-order valence-electron chi connectivity index (χ0n) is 17.9. The van der Waals surface area contributed by atoms with E-state index >= 15 is 0 Å². The highest BCUT2D eigenvalue weighted by Crippen LogP contribution is 2.45. The van der Waals surface area contributed by atoms with Crippen LogP contribution in [0.5, 0.6) is 5.75 Å². The number of aromatic nitrogens is 4. The Morgan fingerprint density at radius 3 is 2.58 bits per heavy atom. The summed E-state index contributed by atoms with van der Waals surface area (Å²) in [5.74, 6) is 1.49. The van der Waals surface area contributed by atoms with Crippen molar-refractivity contribution in [2.45, 2.75) is 46.3 Å². The molecular weight excluding hydrogens is 390 g/mol. The monoisotopic (exact) mass is 415 g/mol. The highest BCUT2D eigenvalue weighted by molar-refractivity contribution is 6.00. The van der Waals surface area contributed by atoms with Crippen LogP contribution >= 0.6 is 0 Å². The second-order valence-corrected chi connectivity index (χ2v) is 9.15. The maximum atomic E-state index is 13.1. The Bertz CT molecular complexity index is 1160. The summed E-state index contributed by atoms with van der Waals surface area (Å²) in [5.41, 5.74) is 4.90. The molecule has 1 unspecified atom stereocenters. The average molecular weight is 415 g/mol. The maximum absolute atomic E-state index is 13.1. The highest BCUT2D eigenvalue weighted by atomic mass is 16.5. The number of nitrogens with one attached hydrogen (secondary N) is 1. The first-order chi connectivity index (χ1) is 14.9. The van der Waals surface area contributed by atoms with E-state index < -0.39 is 0 Å². The predicted molar refractivity (Wildman–Crippen MR) is 117 cm³/mol. The van der Waals surface area contributed by atoms with E-state index in [-0.39, 0.29) is 17.2 Å². The summed E-state index contributed by atoms with van der Waals surface area (Å²) in [6.45, 7) is 6.80. The molecule has 1 aliphatic carbocycles. The molecule has 1 aliphatic heterocycles. The molecule has 0 radical (unpaired) electrons. The van der Waals surface area contributed by atoms with Crippen LogP contribution in [0.25, 0.3) is 0 Å². The van der Waals surface area contributed by atoms with Crippen LogP contribution in [0.15, 0.2) is 59.8 Å². The third-order valence-electron chi connectivity index (χ3n) is 5.92. The molecule has 31 heavy (non-hydrogen) atoms. The molecule has 0 amide bonds. The minimum atomic E-state index is -0.337. The summed E-state index contributed by atoms with van der Waals surface area (Å²) in [4.78, 5) is 13.1. The molecule has 0 spiro atoms. The zero-order valence-corrected chi connectivity index (χ0v) is 17.9. The number of rotatable bonds is 4. The van der Waals surface area contributed by atoms with Crippen molar-refractivity contribution in [3.05, 3.63) is 76.5 Å². The number of anilines is 1. The van der Waals surface area contributed by atoms with Crippen LogP contribution in [-0.4, -0.2) is 26.0 Å². The average Bonchev–Trinajstić information content (AvgIpc) is 3.19. The Morgan fingerprint density at radius 2 is 1.84 bits per heavy atom. The number of benzene rings is 2. The normalized spacial score (nSPS) is 19.5. The topological polar surface area (TPSA) is 81.9 Å². The van der Waals surface area contributed by atoms with E-state index in [1.165, 1.54) is 5.56 Å². The van der Waals surface area contributed by atoms with Gasteiger partial charge in [0.15, 0.2) is 5.78 Å². The van der Waals surface area contributed by atoms with Gasteiger partial charge in [0, 0.05) is 17.7 Å². The van der Waals surface area contributed by atoms with E-state index in [4.69, 9.17) is 4.74 Å². The summed E-state index contributed by atoms with van der Waals surface area (Å²) in [6.07, 6.45) is 1.30. The van der Waals surface area contributed by atoms with Gasteiger partial charge >= 0.3 is 0 Å². The molecule has 2 heterocycles. The number of Topliss-reactive ketones (excluding diaryl/α,β-unsaturated/α-hetero) is 1. The summed E-state index contributed by atoms with van der Waals surface area (Å²) in [5, 5.41) is 15.4. The number of ether oxygens (including phenoxy) is 1. The fraction of sp³-hybridized carbons (Fsp3) is 0.333. The molecule has 0 bridgehead atoms. The Morgan fingerprint density at radius 1 is 1.10 bits per heavy atom. The molecule has 0 fully saturated rings. The summed E-state index contributed by atoms with van der Waals surface area (Å²) < 4.78 is 7.64. The van der Waals surface area contributed by atoms with Gasteiger partial charge in [-0.25, -0.2) is 0 Å². The van der Waals surface area contributed by atoms with Gasteiger partial charge in [-0.05, 0) is 52.4 Å². The van der Waals surface area contributed by atoms with Gasteiger partial charge < -0.3 is 10.1 Å². The highest BCUT2D eigenvalue weighted by Gasteiger charge is 2.41. The molecule has 1 aromatic heterocycles. The van der Waals surface area contributed by atoms with Crippen molar-refractivity contribution in [2.24, 2.45) is 5.41 Å². The lowest BCUT2D eigenvalue weighted by Gasteiger charge is -2.37. The van der Waals surface area contributed by atoms with Gasteiger partial charge in [0.25, 0.3) is 0 Å². The van der Waals surface area contributed by atoms with E-state index in [9.17, 15) is 4.79 Å². The van der Waals surface area contributed by atoms with Crippen molar-refractivity contribution < 1.29 is 9.53 Å². The maximum Gasteiger partial charge on any atom is 0.248 e. The zero-order chi connectivity index (χ0) is 21.6. The quantitative estimate of drug-likeness (QED) is 0.687. The molecule has 1 N–H and O–H groups in total. The number of carbonyl (C=O) groups is 1. The van der Waals surface area contributed by atoms with Crippen LogP contribution in [0, 0.1) is 12.3 Å². The van der Waals surface area contributed by atoms with Crippen LogP contribution < -0.4 is 10.1 Å². The van der Waals surface area contributed by atoms with E-state index in [1.807, 2.05) is 24.3 Å². The fourth-order valence-electron chi connectivity index (χ4n) is 4.38. The van der Waals surface area contributed by atoms with E-state index in [2.05, 4.69) is 65.9 Å². The van der Waals surface area contributed by atoms with Crippen LogP contribution in [0.4, 0.5) is 5.95 Å². The lowest BCUT2D eigenvalue weighted by atomic mass is 9.73. The number of hydrogen-bond acceptors (Lipinski definition) is 6. The predicted octanol–water partition coefficient (Wildman–Crippen LogP) is 4.22. The first kappa shape index (κ1) is 19.5. The number of allylic oxidation sites excluding steroid dienone is 2. The second kappa shape index (κ2) is 7.34. The van der Waals surface area contributed by atoms with Crippen molar-refractivity contribution in [3.8, 4) is 5.75 Å². The van der Waals surface area contributed by atoms with Gasteiger partial charge in [0.2, 0.25) is 5.95 Å². The van der Waals surface area contributed by atoms with E-state index in [0.29, 0.717) is 19.0 Å². The molecule has 0 saturated carbocycles. The Labute approximate surface area is 181 Å². The van der Waals surface area contributed by atoms with Crippen LogP contribution in [-0.2, 0) is 11.4 Å². The molecule has 2 aromatic carbocycles. The first-order valence-electron chi connectivity index (χ1n) is 10.5. The standard InChI is InChI=1S/C24H25N5O2/c1-15-4-6-16(7-5-15)14-31-18-10-8-17(9-11-18)22-21-19(12-24(2,3)13-20(21)30)25-23-26-27-28-29(22)23/h4-11,22H,12-14H2,1-3H3,(H,25,26,28). The lowest BCUT2D eigenvalue weighted by molar-refractivity contribution is -0.118. The lowest BCUT2D eigenvalue weighted by Crippen LogP contribution is -2.36. The third kappa shape index (κ3) is 3.71. The first-order valence-corrected chi connectivity index (χ1v) is 10.5. The smallest absolute Gasteiger partial charge is 0.248 e. The molecule has 7 heteroatoms. The fourth-order valence-corrected chi connectivity index (χ4v) is 4.38. The number of hydrogen-bond donors (Lipinski definition) is 1. The van der Waals surface area contributed by atoms with Gasteiger partial charge in [-0.15, -0.1) is 0 Å². The molecule has 5 rings (SSSR count). The van der Waals surface area contributed by atoms with Gasteiger partial charge in [-0.1, -0.05) is 60.9 Å². The minimum absolute atomic E-state index is 0.0865. The number of carbonyl (C=O) groups excluding carboxylic acids is 1. The Hall–Kier alpha value is -3.48. The molecule has 3 aromatic rings. The van der Waals surface area contributed by atoms with Crippen LogP contribution in [0.3, 0.4) is 0 Å². The van der Waals surface area contributed by atoms with Crippen molar-refractivity contribution in [1.29, 1.82) is 0 Å². The molecular formula is C24H25N5O2. The third-order valence-corrected chi connectivity index (χ3v) is 5.92. The van der Waals surface area contributed by atoms with Gasteiger partial charge in [-0.3, -0.25) is 4.79 Å². The van der Waals surface area contributed by atoms with Crippen molar-refractivity contribution in [3.63, 3.8) is 0 Å². The molecule has 1 atom stereocenters. The van der Waals surface area contributed by atoms with Crippen molar-refractivity contribution in [2.75, 3.05) is 5.32 Å². The molecule has 0 saturated heterocycles. The van der Waals surface area contributed by atoms with Crippen LogP contribution in [0.2, 0.25) is 0 Å². The van der Waals surface area contributed by atoms with Crippen LogP contribution in [0.1, 0.15) is 49.4 Å². The Kier molecular flexibility index (Phi) is 4.61. The van der Waals surface area contributed by atoms with Crippen molar-refractivity contribution in [1.82, 2.24) is 20.2 Å². The summed E-state index contributed by atoms with van der Waals surface area (Å²) in [6, 6.07) is 15.8. The van der Waals surface area contributed by atoms with E-state index in [0.717, 1.165) is 34.6 Å². The second-order valence-electron chi connectivity index (χ2n) is 9.15. The number of nitrogens with zero attached hydrogens (tertiary/aromatic N) is 4. The van der Waals surface area contributed by atoms with Crippen molar-refractivity contribution >= 4 is 11.7 Å². The number of tetrazole rings is 1. The summed E-state index contributed by atoms with van der Waals surface area (Å²) >= 11 is 0. The van der Waals surface area contributed by atoms with Gasteiger partial charge in [0.05, 0.1) is 0 Å². The molecule has 158 valence electrons. The SMILES string of the molecule is Cc1ccc(COc2ccc(C3C4=C(CC(C)(C)CC4=O)Nc4nnnn43)cc2)cc1. The number of fused-ring (bicyclic) bond motifs is 1.